The van der Waals surface area contributed by atoms with Gasteiger partial charge in [0.05, 0.1) is 0 Å². The zero-order chi connectivity index (χ0) is 12.7. The Balaban J connectivity index is 2.28. The summed E-state index contributed by atoms with van der Waals surface area (Å²) in [5.41, 5.74) is 1.71. The first-order valence-corrected chi connectivity index (χ1v) is 6.35. The van der Waals surface area contributed by atoms with Crippen molar-refractivity contribution < 1.29 is 4.39 Å². The monoisotopic (exact) mass is 238 g/mol. The summed E-state index contributed by atoms with van der Waals surface area (Å²) in [5, 5.41) is 3.34. The SMILES string of the molecule is CCN(CC)CCNCc1ccc(C)c(F)c1. The number of hydrogen-bond acceptors (Lipinski definition) is 2. The quantitative estimate of drug-likeness (QED) is 0.734. The minimum absolute atomic E-state index is 0.118. The van der Waals surface area contributed by atoms with Gasteiger partial charge in [-0.1, -0.05) is 26.0 Å². The second kappa shape index (κ2) is 7.41. The summed E-state index contributed by atoms with van der Waals surface area (Å²) >= 11 is 0. The van der Waals surface area contributed by atoms with E-state index in [9.17, 15) is 4.39 Å². The van der Waals surface area contributed by atoms with Crippen LogP contribution in [0.1, 0.15) is 25.0 Å². The molecule has 0 aliphatic rings. The molecule has 0 amide bonds. The van der Waals surface area contributed by atoms with Gasteiger partial charge in [-0.2, -0.15) is 0 Å². The number of aryl methyl sites for hydroxylation is 1. The van der Waals surface area contributed by atoms with Gasteiger partial charge in [0.25, 0.3) is 0 Å². The van der Waals surface area contributed by atoms with Crippen LogP contribution in [0.2, 0.25) is 0 Å². The number of likely N-dealkylation sites (N-methyl/N-ethyl adjacent to an activating group) is 1. The fourth-order valence-electron chi connectivity index (χ4n) is 1.76. The molecule has 0 saturated heterocycles. The molecule has 0 radical (unpaired) electrons. The van der Waals surface area contributed by atoms with Crippen molar-refractivity contribution in [1.82, 2.24) is 10.2 Å². The molecule has 0 heterocycles. The summed E-state index contributed by atoms with van der Waals surface area (Å²) in [4.78, 5) is 2.36. The molecule has 1 aromatic carbocycles. The minimum atomic E-state index is -0.118. The first-order valence-electron chi connectivity index (χ1n) is 6.35. The van der Waals surface area contributed by atoms with Crippen LogP contribution in [0.5, 0.6) is 0 Å². The van der Waals surface area contributed by atoms with E-state index < -0.39 is 0 Å². The Bertz CT molecular complexity index is 335. The number of benzene rings is 1. The highest BCUT2D eigenvalue weighted by Gasteiger charge is 2.00. The molecule has 1 rings (SSSR count). The van der Waals surface area contributed by atoms with E-state index in [0.29, 0.717) is 5.56 Å². The van der Waals surface area contributed by atoms with Crippen molar-refractivity contribution in [3.63, 3.8) is 0 Å². The van der Waals surface area contributed by atoms with Gasteiger partial charge in [0.1, 0.15) is 5.82 Å². The molecular formula is C14H23FN2. The number of nitrogens with zero attached hydrogens (tertiary/aromatic N) is 1. The lowest BCUT2D eigenvalue weighted by atomic mass is 10.1. The highest BCUT2D eigenvalue weighted by Crippen LogP contribution is 2.08. The molecule has 96 valence electrons. The van der Waals surface area contributed by atoms with E-state index in [1.54, 1.807) is 13.0 Å². The summed E-state index contributed by atoms with van der Waals surface area (Å²) in [7, 11) is 0. The second-order valence-corrected chi connectivity index (χ2v) is 4.29. The predicted octanol–water partition coefficient (Wildman–Crippen LogP) is 2.57. The lowest BCUT2D eigenvalue weighted by Crippen LogP contribution is -2.31. The Kier molecular flexibility index (Phi) is 6.16. The second-order valence-electron chi connectivity index (χ2n) is 4.29. The van der Waals surface area contributed by atoms with Crippen LogP contribution in [0.4, 0.5) is 4.39 Å². The lowest BCUT2D eigenvalue weighted by molar-refractivity contribution is 0.302. The van der Waals surface area contributed by atoms with Gasteiger partial charge in [-0.15, -0.1) is 0 Å². The summed E-state index contributed by atoms with van der Waals surface area (Å²) in [6.07, 6.45) is 0. The molecule has 1 aromatic rings. The van der Waals surface area contributed by atoms with Gasteiger partial charge >= 0.3 is 0 Å². The van der Waals surface area contributed by atoms with Crippen LogP contribution in [0, 0.1) is 12.7 Å². The summed E-state index contributed by atoms with van der Waals surface area (Å²) < 4.78 is 13.3. The summed E-state index contributed by atoms with van der Waals surface area (Å²) in [6.45, 7) is 11.0. The molecule has 0 fully saturated rings. The average molecular weight is 238 g/mol. The van der Waals surface area contributed by atoms with E-state index >= 15 is 0 Å². The first kappa shape index (κ1) is 14.1. The first-order chi connectivity index (χ1) is 8.17. The Morgan fingerprint density at radius 3 is 2.53 bits per heavy atom. The third kappa shape index (κ3) is 4.84. The van der Waals surface area contributed by atoms with Gasteiger partial charge in [-0.3, -0.25) is 0 Å². The Morgan fingerprint density at radius 1 is 1.24 bits per heavy atom. The number of hydrogen-bond donors (Lipinski definition) is 1. The molecule has 0 bridgehead atoms. The lowest BCUT2D eigenvalue weighted by Gasteiger charge is -2.18. The van der Waals surface area contributed by atoms with Crippen molar-refractivity contribution in [2.24, 2.45) is 0 Å². The predicted molar refractivity (Wildman–Crippen MR) is 70.6 cm³/mol. The number of rotatable bonds is 7. The molecule has 0 unspecified atom stereocenters. The van der Waals surface area contributed by atoms with Gasteiger partial charge in [-0.05, 0) is 37.2 Å². The van der Waals surface area contributed by atoms with Crippen LogP contribution in [-0.4, -0.2) is 31.1 Å². The van der Waals surface area contributed by atoms with Crippen LogP contribution in [0.3, 0.4) is 0 Å². The van der Waals surface area contributed by atoms with Gasteiger partial charge in [0.2, 0.25) is 0 Å². The zero-order valence-corrected chi connectivity index (χ0v) is 11.1. The fourth-order valence-corrected chi connectivity index (χ4v) is 1.76. The third-order valence-electron chi connectivity index (χ3n) is 3.06. The molecule has 0 spiro atoms. The summed E-state index contributed by atoms with van der Waals surface area (Å²) in [6, 6.07) is 5.42. The van der Waals surface area contributed by atoms with Crippen LogP contribution in [0.25, 0.3) is 0 Å². The molecule has 0 aromatic heterocycles. The highest BCUT2D eigenvalue weighted by molar-refractivity contribution is 5.23. The van der Waals surface area contributed by atoms with E-state index in [0.717, 1.165) is 38.3 Å². The van der Waals surface area contributed by atoms with E-state index in [1.165, 1.54) is 0 Å². The smallest absolute Gasteiger partial charge is 0.126 e. The Hall–Kier alpha value is -0.930. The molecule has 3 heteroatoms. The normalized spacial score (nSPS) is 11.1. The van der Waals surface area contributed by atoms with E-state index in [-0.39, 0.29) is 5.82 Å². The topological polar surface area (TPSA) is 15.3 Å². The highest BCUT2D eigenvalue weighted by atomic mass is 19.1. The Labute approximate surface area is 104 Å². The van der Waals surface area contributed by atoms with E-state index in [4.69, 9.17) is 0 Å². The summed E-state index contributed by atoms with van der Waals surface area (Å²) in [5.74, 6) is -0.118. The molecule has 1 N–H and O–H groups in total. The van der Waals surface area contributed by atoms with Crippen molar-refractivity contribution in [1.29, 1.82) is 0 Å². The minimum Gasteiger partial charge on any atom is -0.311 e. The molecule has 17 heavy (non-hydrogen) atoms. The number of halogens is 1. The van der Waals surface area contributed by atoms with Gasteiger partial charge in [0.15, 0.2) is 0 Å². The maximum atomic E-state index is 13.3. The van der Waals surface area contributed by atoms with Crippen molar-refractivity contribution in [2.45, 2.75) is 27.3 Å². The van der Waals surface area contributed by atoms with Gasteiger partial charge in [0, 0.05) is 19.6 Å². The molecule has 2 nitrogen and oxygen atoms in total. The molecule has 0 aliphatic carbocycles. The molecule has 0 atom stereocenters. The van der Waals surface area contributed by atoms with E-state index in [2.05, 4.69) is 24.1 Å². The van der Waals surface area contributed by atoms with Crippen molar-refractivity contribution in [2.75, 3.05) is 26.2 Å². The van der Waals surface area contributed by atoms with E-state index in [1.807, 2.05) is 12.1 Å². The van der Waals surface area contributed by atoms with Crippen LogP contribution in [0.15, 0.2) is 18.2 Å². The fraction of sp³-hybridized carbons (Fsp3) is 0.571. The molecule has 0 aliphatic heterocycles. The van der Waals surface area contributed by atoms with Crippen molar-refractivity contribution >= 4 is 0 Å². The zero-order valence-electron chi connectivity index (χ0n) is 11.1. The standard InChI is InChI=1S/C14H23FN2/c1-4-17(5-2)9-8-16-11-13-7-6-12(3)14(15)10-13/h6-7,10,16H,4-5,8-9,11H2,1-3H3. The van der Waals surface area contributed by atoms with Gasteiger partial charge in [-0.25, -0.2) is 4.39 Å². The van der Waals surface area contributed by atoms with Crippen LogP contribution < -0.4 is 5.32 Å². The average Bonchev–Trinajstić information content (AvgIpc) is 2.34. The maximum absolute atomic E-state index is 13.3. The van der Waals surface area contributed by atoms with Crippen LogP contribution in [-0.2, 0) is 6.54 Å². The Morgan fingerprint density at radius 2 is 1.94 bits per heavy atom. The molecular weight excluding hydrogens is 215 g/mol. The van der Waals surface area contributed by atoms with Gasteiger partial charge < -0.3 is 10.2 Å². The largest absolute Gasteiger partial charge is 0.311 e. The third-order valence-corrected chi connectivity index (χ3v) is 3.06. The number of nitrogens with one attached hydrogen (secondary N) is 1. The molecule has 0 saturated carbocycles. The van der Waals surface area contributed by atoms with Crippen LogP contribution >= 0.6 is 0 Å². The maximum Gasteiger partial charge on any atom is 0.126 e. The van der Waals surface area contributed by atoms with Crippen molar-refractivity contribution in [3.8, 4) is 0 Å². The van der Waals surface area contributed by atoms with Crippen molar-refractivity contribution in [3.05, 3.63) is 35.1 Å².